The number of aliphatic hydroxyl groups excluding tert-OH is 1. The van der Waals surface area contributed by atoms with E-state index >= 15 is 0 Å². The summed E-state index contributed by atoms with van der Waals surface area (Å²) in [7, 11) is 0. The summed E-state index contributed by atoms with van der Waals surface area (Å²) in [4.78, 5) is 18.5. The van der Waals surface area contributed by atoms with Gasteiger partial charge in [0.05, 0.1) is 5.69 Å². The zero-order valence-corrected chi connectivity index (χ0v) is 13.5. The van der Waals surface area contributed by atoms with Crippen molar-refractivity contribution in [3.05, 3.63) is 22.2 Å². The number of rotatable bonds is 6. The third kappa shape index (κ3) is 4.12. The van der Waals surface area contributed by atoms with Gasteiger partial charge in [0.15, 0.2) is 18.2 Å². The topological polar surface area (TPSA) is 61.6 Å². The highest BCUT2D eigenvalue weighted by atomic mass is 32.2. The second-order valence-corrected chi connectivity index (χ2v) is 6.09. The van der Waals surface area contributed by atoms with Crippen LogP contribution in [0, 0.1) is 0 Å². The molecule has 118 valence electrons. The monoisotopic (exact) mass is 334 g/mol. The summed E-state index contributed by atoms with van der Waals surface area (Å²) in [6.45, 7) is 3.12. The number of halogens is 1. The molecule has 2 rings (SSSR count). The van der Waals surface area contributed by atoms with Gasteiger partial charge >= 0.3 is 5.56 Å². The zero-order chi connectivity index (χ0) is 15.2. The standard InChI is InChI=1S/C12H19FN4O2S2/c1-20-16-6-4-15(5-7-16)11-12(19)17(21-13)9-10(14-11)3-2-8-18/h9,18H,2-8H2,1H3. The van der Waals surface area contributed by atoms with E-state index in [1.54, 1.807) is 11.9 Å². The van der Waals surface area contributed by atoms with Gasteiger partial charge in [0.25, 0.3) is 0 Å². The first-order valence-corrected chi connectivity index (χ1v) is 8.61. The number of nitrogens with zero attached hydrogens (tertiary/aromatic N) is 4. The van der Waals surface area contributed by atoms with Crippen molar-refractivity contribution in [2.75, 3.05) is 43.9 Å². The predicted octanol–water partition coefficient (Wildman–Crippen LogP) is 0.949. The van der Waals surface area contributed by atoms with Crippen molar-refractivity contribution in [2.45, 2.75) is 12.8 Å². The first-order valence-electron chi connectivity index (χ1n) is 6.76. The van der Waals surface area contributed by atoms with Crippen LogP contribution in [0.2, 0.25) is 0 Å². The number of hydrogen-bond donors (Lipinski definition) is 1. The molecule has 0 bridgehead atoms. The van der Waals surface area contributed by atoms with E-state index in [1.807, 2.05) is 11.2 Å². The summed E-state index contributed by atoms with van der Waals surface area (Å²) >= 11 is 1.57. The van der Waals surface area contributed by atoms with E-state index in [1.165, 1.54) is 6.20 Å². The van der Waals surface area contributed by atoms with E-state index in [-0.39, 0.29) is 18.9 Å². The molecule has 0 saturated carbocycles. The Bertz CT molecular complexity index is 520. The van der Waals surface area contributed by atoms with Crippen LogP contribution in [-0.2, 0) is 6.42 Å². The van der Waals surface area contributed by atoms with E-state index in [4.69, 9.17) is 5.11 Å². The molecule has 0 radical (unpaired) electrons. The van der Waals surface area contributed by atoms with Crippen molar-refractivity contribution in [2.24, 2.45) is 0 Å². The lowest BCUT2D eigenvalue weighted by Crippen LogP contribution is -2.46. The minimum absolute atomic E-state index is 0.0469. The van der Waals surface area contributed by atoms with E-state index in [0.717, 1.165) is 17.1 Å². The van der Waals surface area contributed by atoms with Crippen LogP contribution in [0.5, 0.6) is 0 Å². The van der Waals surface area contributed by atoms with Crippen molar-refractivity contribution in [3.63, 3.8) is 0 Å². The van der Waals surface area contributed by atoms with Gasteiger partial charge in [-0.25, -0.2) is 13.3 Å². The maximum atomic E-state index is 12.9. The molecule has 1 aliphatic rings. The van der Waals surface area contributed by atoms with E-state index < -0.39 is 5.56 Å². The van der Waals surface area contributed by atoms with Crippen LogP contribution in [-0.4, -0.2) is 57.4 Å². The highest BCUT2D eigenvalue weighted by molar-refractivity contribution is 7.96. The van der Waals surface area contributed by atoms with Crippen LogP contribution < -0.4 is 10.5 Å². The molecule has 0 aliphatic carbocycles. The van der Waals surface area contributed by atoms with Crippen molar-refractivity contribution >= 4 is 30.1 Å². The molecule has 0 aromatic carbocycles. The van der Waals surface area contributed by atoms with Crippen LogP contribution in [0.15, 0.2) is 11.0 Å². The Morgan fingerprint density at radius 2 is 2.10 bits per heavy atom. The number of aromatic nitrogens is 2. The van der Waals surface area contributed by atoms with Crippen molar-refractivity contribution in [3.8, 4) is 0 Å². The van der Waals surface area contributed by atoms with Gasteiger partial charge in [-0.3, -0.25) is 4.79 Å². The highest BCUT2D eigenvalue weighted by Gasteiger charge is 2.21. The van der Waals surface area contributed by atoms with E-state index in [0.29, 0.717) is 37.4 Å². The molecule has 9 heteroatoms. The van der Waals surface area contributed by atoms with Crippen molar-refractivity contribution in [1.82, 2.24) is 13.3 Å². The third-order valence-corrected chi connectivity index (χ3v) is 4.67. The molecule has 0 amide bonds. The Morgan fingerprint density at radius 3 is 2.67 bits per heavy atom. The maximum absolute atomic E-state index is 12.9. The van der Waals surface area contributed by atoms with Crippen LogP contribution >= 0.6 is 24.3 Å². The quantitative estimate of drug-likeness (QED) is 0.777. The van der Waals surface area contributed by atoms with Gasteiger partial charge in [-0.05, 0) is 19.1 Å². The molecule has 1 aromatic heterocycles. The molecule has 1 aromatic rings. The van der Waals surface area contributed by atoms with Crippen molar-refractivity contribution in [1.29, 1.82) is 0 Å². The van der Waals surface area contributed by atoms with Crippen LogP contribution in [0.25, 0.3) is 0 Å². The zero-order valence-electron chi connectivity index (χ0n) is 11.9. The smallest absolute Gasteiger partial charge is 0.305 e. The first-order chi connectivity index (χ1) is 10.2. The molecule has 1 fully saturated rings. The first kappa shape index (κ1) is 16.6. The molecular weight excluding hydrogens is 315 g/mol. The predicted molar refractivity (Wildman–Crippen MR) is 85.3 cm³/mol. The molecule has 1 N–H and O–H groups in total. The second-order valence-electron chi connectivity index (χ2n) is 4.68. The summed E-state index contributed by atoms with van der Waals surface area (Å²) in [5.74, 6) is 0.302. The largest absolute Gasteiger partial charge is 0.396 e. The molecule has 0 spiro atoms. The van der Waals surface area contributed by atoms with E-state index in [9.17, 15) is 8.68 Å². The summed E-state index contributed by atoms with van der Waals surface area (Å²) in [6, 6.07) is 0. The minimum Gasteiger partial charge on any atom is -0.396 e. The maximum Gasteiger partial charge on any atom is 0.305 e. The number of anilines is 1. The lowest BCUT2D eigenvalue weighted by Gasteiger charge is -2.33. The molecule has 6 nitrogen and oxygen atoms in total. The number of aryl methyl sites for hydroxylation is 1. The fourth-order valence-corrected chi connectivity index (χ4v) is 3.06. The summed E-state index contributed by atoms with van der Waals surface area (Å²) in [5, 5.41) is 8.89. The minimum atomic E-state index is -0.423. The lowest BCUT2D eigenvalue weighted by atomic mass is 10.2. The van der Waals surface area contributed by atoms with Gasteiger partial charge in [0.2, 0.25) is 0 Å². The fourth-order valence-electron chi connectivity index (χ4n) is 2.23. The van der Waals surface area contributed by atoms with Crippen molar-refractivity contribution < 1.29 is 8.99 Å². The molecule has 0 atom stereocenters. The van der Waals surface area contributed by atoms with Gasteiger partial charge in [-0.15, -0.1) is 3.89 Å². The van der Waals surface area contributed by atoms with Gasteiger partial charge in [0.1, 0.15) is 0 Å². The normalized spacial score (nSPS) is 16.4. The SMILES string of the molecule is CSN1CCN(c2nc(CCCO)cn(SF)c2=O)CC1. The Kier molecular flexibility index (Phi) is 6.34. The van der Waals surface area contributed by atoms with Gasteiger partial charge in [-0.1, -0.05) is 11.9 Å². The highest BCUT2D eigenvalue weighted by Crippen LogP contribution is 2.16. The number of hydrogen-bond acceptors (Lipinski definition) is 7. The molecule has 2 heterocycles. The Labute approximate surface area is 131 Å². The third-order valence-electron chi connectivity index (χ3n) is 3.37. The van der Waals surface area contributed by atoms with Crippen LogP contribution in [0.4, 0.5) is 9.70 Å². The molecule has 0 unspecified atom stereocenters. The average Bonchev–Trinajstić information content (AvgIpc) is 2.54. The van der Waals surface area contributed by atoms with Gasteiger partial charge < -0.3 is 10.0 Å². The molecule has 21 heavy (non-hydrogen) atoms. The molecular formula is C12H19FN4O2S2. The Balaban J connectivity index is 2.23. The second kappa shape index (κ2) is 8.02. The Hall–Kier alpha value is -0.770. The van der Waals surface area contributed by atoms with E-state index in [2.05, 4.69) is 9.29 Å². The summed E-state index contributed by atoms with van der Waals surface area (Å²) in [5.41, 5.74) is 0.198. The van der Waals surface area contributed by atoms with Gasteiger partial charge in [0, 0.05) is 39.0 Å². The molecule has 1 aliphatic heterocycles. The Morgan fingerprint density at radius 1 is 1.38 bits per heavy atom. The molecule has 1 saturated heterocycles. The number of piperazine rings is 1. The summed E-state index contributed by atoms with van der Waals surface area (Å²) in [6.07, 6.45) is 4.50. The van der Waals surface area contributed by atoms with Crippen LogP contribution in [0.1, 0.15) is 12.1 Å². The summed E-state index contributed by atoms with van der Waals surface area (Å²) < 4.78 is 16.1. The average molecular weight is 334 g/mol. The van der Waals surface area contributed by atoms with Crippen LogP contribution in [0.3, 0.4) is 0 Å². The number of aliphatic hydroxyl groups is 1. The lowest BCUT2D eigenvalue weighted by molar-refractivity contribution is 0.288. The fraction of sp³-hybridized carbons (Fsp3) is 0.667. The van der Waals surface area contributed by atoms with Gasteiger partial charge in [-0.2, -0.15) is 0 Å².